The molecule has 0 amide bonds. The molecule has 0 bridgehead atoms. The number of rotatable bonds is 6. The maximum absolute atomic E-state index is 8.74. The lowest BCUT2D eigenvalue weighted by molar-refractivity contribution is 0.0157. The van der Waals surface area contributed by atoms with Gasteiger partial charge in [-0.05, 0) is 19.9 Å². The highest BCUT2D eigenvalue weighted by Gasteiger charge is 2.21. The number of nitrogens with zero attached hydrogens (tertiary/aromatic N) is 3. The average molecular weight is 266 g/mol. The van der Waals surface area contributed by atoms with Gasteiger partial charge in [-0.15, -0.1) is 0 Å². The van der Waals surface area contributed by atoms with E-state index >= 15 is 0 Å². The predicted octanol–water partition coefficient (Wildman–Crippen LogP) is 0.174. The Labute approximate surface area is 113 Å². The van der Waals surface area contributed by atoms with Crippen LogP contribution in [0.15, 0.2) is 12.4 Å². The van der Waals surface area contributed by atoms with Crippen molar-refractivity contribution in [3.05, 3.63) is 18.0 Å². The predicted molar refractivity (Wildman–Crippen MR) is 73.1 cm³/mol. The summed E-state index contributed by atoms with van der Waals surface area (Å²) in [4.78, 5) is 11.0. The van der Waals surface area contributed by atoms with Gasteiger partial charge in [-0.3, -0.25) is 0 Å². The quantitative estimate of drug-likeness (QED) is 0.765. The highest BCUT2D eigenvalue weighted by Crippen LogP contribution is 2.17. The lowest BCUT2D eigenvalue weighted by Gasteiger charge is -2.31. The molecule has 0 unspecified atom stereocenters. The maximum Gasteiger partial charge on any atom is 0.225 e. The molecule has 1 aliphatic heterocycles. The Morgan fingerprint density at radius 3 is 2.63 bits per heavy atom. The number of aromatic nitrogens is 2. The fraction of sp³-hybridized carbons (Fsp3) is 0.692. The zero-order valence-electron chi connectivity index (χ0n) is 11.4. The van der Waals surface area contributed by atoms with Gasteiger partial charge in [0, 0.05) is 37.6 Å². The molecular weight excluding hydrogens is 244 g/mol. The first-order valence-electron chi connectivity index (χ1n) is 6.76. The maximum atomic E-state index is 8.74. The van der Waals surface area contributed by atoms with E-state index in [9.17, 15) is 0 Å². The third-order valence-corrected chi connectivity index (χ3v) is 3.24. The number of nitrogens with one attached hydrogen (secondary N) is 1. The molecule has 19 heavy (non-hydrogen) atoms. The fourth-order valence-electron chi connectivity index (χ4n) is 2.25. The molecule has 0 radical (unpaired) electrons. The summed E-state index contributed by atoms with van der Waals surface area (Å²) in [5.41, 5.74) is 1.09. The van der Waals surface area contributed by atoms with Gasteiger partial charge in [-0.1, -0.05) is 0 Å². The summed E-state index contributed by atoms with van der Waals surface area (Å²) in [6.45, 7) is 3.12. The van der Waals surface area contributed by atoms with Gasteiger partial charge in [-0.2, -0.15) is 0 Å². The summed E-state index contributed by atoms with van der Waals surface area (Å²) in [5, 5.41) is 11.8. The standard InChI is InChI=1S/C13H22N4O2/c1-14-8-11-9-15-13(16-10-11)17-4-2-12(3-5-17)19-7-6-18/h9-10,12,14,18H,2-8H2,1H3. The first kappa shape index (κ1) is 14.2. The highest BCUT2D eigenvalue weighted by atomic mass is 16.5. The molecule has 2 rings (SSSR count). The van der Waals surface area contributed by atoms with Crippen LogP contribution in [0.5, 0.6) is 0 Å². The molecule has 0 spiro atoms. The number of piperidine rings is 1. The van der Waals surface area contributed by atoms with Crippen LogP contribution >= 0.6 is 0 Å². The van der Waals surface area contributed by atoms with Crippen molar-refractivity contribution in [2.75, 3.05) is 38.3 Å². The second-order valence-corrected chi connectivity index (χ2v) is 4.70. The Kier molecular flexibility index (Phi) is 5.50. The normalized spacial score (nSPS) is 16.8. The highest BCUT2D eigenvalue weighted by molar-refractivity contribution is 5.30. The number of hydrogen-bond donors (Lipinski definition) is 2. The van der Waals surface area contributed by atoms with Crippen molar-refractivity contribution in [1.29, 1.82) is 0 Å². The SMILES string of the molecule is CNCc1cnc(N2CCC(OCCO)CC2)nc1. The molecule has 1 aromatic heterocycles. The molecular formula is C13H22N4O2. The Balaban J connectivity index is 1.83. The van der Waals surface area contributed by atoms with E-state index in [2.05, 4.69) is 20.2 Å². The Hall–Kier alpha value is -1.24. The van der Waals surface area contributed by atoms with Gasteiger partial charge >= 0.3 is 0 Å². The van der Waals surface area contributed by atoms with Crippen molar-refractivity contribution >= 4 is 5.95 Å². The van der Waals surface area contributed by atoms with Gasteiger partial charge in [0.1, 0.15) is 0 Å². The zero-order valence-corrected chi connectivity index (χ0v) is 11.4. The van der Waals surface area contributed by atoms with E-state index in [1.807, 2.05) is 19.4 Å². The molecule has 2 heterocycles. The lowest BCUT2D eigenvalue weighted by atomic mass is 10.1. The van der Waals surface area contributed by atoms with Crippen LogP contribution in [0.3, 0.4) is 0 Å². The zero-order chi connectivity index (χ0) is 13.5. The fourth-order valence-corrected chi connectivity index (χ4v) is 2.25. The van der Waals surface area contributed by atoms with Crippen molar-refractivity contribution in [1.82, 2.24) is 15.3 Å². The Morgan fingerprint density at radius 2 is 2.05 bits per heavy atom. The monoisotopic (exact) mass is 266 g/mol. The van der Waals surface area contributed by atoms with E-state index in [1.165, 1.54) is 0 Å². The molecule has 1 aliphatic rings. The Morgan fingerprint density at radius 1 is 1.37 bits per heavy atom. The molecule has 0 atom stereocenters. The van der Waals surface area contributed by atoms with Gasteiger partial charge in [0.05, 0.1) is 19.3 Å². The van der Waals surface area contributed by atoms with Crippen LogP contribution in [0.25, 0.3) is 0 Å². The second kappa shape index (κ2) is 7.37. The first-order valence-corrected chi connectivity index (χ1v) is 6.76. The molecule has 0 aliphatic carbocycles. The summed E-state index contributed by atoms with van der Waals surface area (Å²) >= 11 is 0. The summed E-state index contributed by atoms with van der Waals surface area (Å²) in [7, 11) is 1.91. The summed E-state index contributed by atoms with van der Waals surface area (Å²) in [6, 6.07) is 0. The van der Waals surface area contributed by atoms with Gasteiger partial charge in [-0.25, -0.2) is 9.97 Å². The van der Waals surface area contributed by atoms with Gasteiger partial charge in [0.15, 0.2) is 0 Å². The first-order chi connectivity index (χ1) is 9.33. The molecule has 1 fully saturated rings. The lowest BCUT2D eigenvalue weighted by Crippen LogP contribution is -2.38. The molecule has 2 N–H and O–H groups in total. The topological polar surface area (TPSA) is 70.5 Å². The average Bonchev–Trinajstić information content (AvgIpc) is 2.47. The van der Waals surface area contributed by atoms with Crippen molar-refractivity contribution in [3.63, 3.8) is 0 Å². The molecule has 1 aromatic rings. The van der Waals surface area contributed by atoms with Crippen LogP contribution in [-0.4, -0.2) is 54.5 Å². The second-order valence-electron chi connectivity index (χ2n) is 4.70. The van der Waals surface area contributed by atoms with E-state index in [0.29, 0.717) is 6.61 Å². The van der Waals surface area contributed by atoms with Gasteiger partial charge < -0.3 is 20.1 Å². The van der Waals surface area contributed by atoms with Gasteiger partial charge in [0.25, 0.3) is 0 Å². The third kappa shape index (κ3) is 4.12. The largest absolute Gasteiger partial charge is 0.394 e. The number of aliphatic hydroxyl groups excluding tert-OH is 1. The van der Waals surface area contributed by atoms with Crippen LogP contribution in [0.1, 0.15) is 18.4 Å². The molecule has 0 aromatic carbocycles. The van der Waals surface area contributed by atoms with E-state index in [1.54, 1.807) is 0 Å². The number of aliphatic hydroxyl groups is 1. The summed E-state index contributed by atoms with van der Waals surface area (Å²) < 4.78 is 5.54. The Bertz CT molecular complexity index is 363. The van der Waals surface area contributed by atoms with Crippen molar-refractivity contribution in [2.45, 2.75) is 25.5 Å². The smallest absolute Gasteiger partial charge is 0.225 e. The van der Waals surface area contributed by atoms with Crippen LogP contribution < -0.4 is 10.2 Å². The van der Waals surface area contributed by atoms with Crippen molar-refractivity contribution in [2.24, 2.45) is 0 Å². The molecule has 6 heteroatoms. The van der Waals surface area contributed by atoms with Crippen molar-refractivity contribution in [3.8, 4) is 0 Å². The molecule has 0 saturated carbocycles. The molecule has 106 valence electrons. The summed E-state index contributed by atoms with van der Waals surface area (Å²) in [6.07, 6.45) is 5.91. The minimum Gasteiger partial charge on any atom is -0.394 e. The molecule has 6 nitrogen and oxygen atoms in total. The van der Waals surface area contributed by atoms with Crippen LogP contribution in [0, 0.1) is 0 Å². The van der Waals surface area contributed by atoms with Gasteiger partial charge in [0.2, 0.25) is 5.95 Å². The van der Waals surface area contributed by atoms with E-state index in [0.717, 1.165) is 44.0 Å². The number of anilines is 1. The number of ether oxygens (including phenoxy) is 1. The molecule has 1 saturated heterocycles. The minimum atomic E-state index is 0.0935. The van der Waals surface area contributed by atoms with Crippen molar-refractivity contribution < 1.29 is 9.84 Å². The summed E-state index contributed by atoms with van der Waals surface area (Å²) in [5.74, 6) is 0.792. The van der Waals surface area contributed by atoms with Crippen LogP contribution in [0.4, 0.5) is 5.95 Å². The van der Waals surface area contributed by atoms with E-state index in [-0.39, 0.29) is 12.7 Å². The minimum absolute atomic E-state index is 0.0935. The third-order valence-electron chi connectivity index (χ3n) is 3.24. The van der Waals surface area contributed by atoms with E-state index < -0.39 is 0 Å². The number of hydrogen-bond acceptors (Lipinski definition) is 6. The van der Waals surface area contributed by atoms with Crippen LogP contribution in [0.2, 0.25) is 0 Å². The van der Waals surface area contributed by atoms with E-state index in [4.69, 9.17) is 9.84 Å². The van der Waals surface area contributed by atoms with Crippen LogP contribution in [-0.2, 0) is 11.3 Å².